The summed E-state index contributed by atoms with van der Waals surface area (Å²) in [6, 6.07) is 4.67. The van der Waals surface area contributed by atoms with E-state index in [0.717, 1.165) is 0 Å². The van der Waals surface area contributed by atoms with Crippen LogP contribution >= 0.6 is 11.6 Å². The van der Waals surface area contributed by atoms with Gasteiger partial charge in [0.05, 0.1) is 10.6 Å². The van der Waals surface area contributed by atoms with Crippen molar-refractivity contribution in [3.63, 3.8) is 0 Å². The third-order valence-corrected chi connectivity index (χ3v) is 2.87. The minimum atomic E-state index is -0.258. The number of hydrogen-bond acceptors (Lipinski definition) is 3. The zero-order chi connectivity index (χ0) is 15.8. The lowest BCUT2D eigenvalue weighted by Gasteiger charge is -2.09. The lowest BCUT2D eigenvalue weighted by Crippen LogP contribution is -2.25. The Morgan fingerprint density at radius 2 is 1.90 bits per heavy atom. The number of nitrogens with one attached hydrogen (secondary N) is 3. The van der Waals surface area contributed by atoms with E-state index in [2.05, 4.69) is 16.0 Å². The molecule has 0 spiro atoms. The second-order valence-electron chi connectivity index (χ2n) is 4.34. The highest BCUT2D eigenvalue weighted by molar-refractivity contribution is 6.34. The second-order valence-corrected chi connectivity index (χ2v) is 4.74. The van der Waals surface area contributed by atoms with Gasteiger partial charge in [0.1, 0.15) is 0 Å². The molecule has 0 aromatic heterocycles. The summed E-state index contributed by atoms with van der Waals surface area (Å²) in [5.41, 5.74) is 0.857. The van der Waals surface area contributed by atoms with Gasteiger partial charge in [0, 0.05) is 32.1 Å². The van der Waals surface area contributed by atoms with Crippen LogP contribution in [0.25, 0.3) is 0 Å². The molecule has 0 aliphatic carbocycles. The summed E-state index contributed by atoms with van der Waals surface area (Å²) in [7, 11) is 0. The average Bonchev–Trinajstić information content (AvgIpc) is 2.38. The molecule has 114 valence electrons. The van der Waals surface area contributed by atoms with Gasteiger partial charge in [-0.15, -0.1) is 0 Å². The van der Waals surface area contributed by atoms with Crippen LogP contribution in [0.3, 0.4) is 0 Å². The summed E-state index contributed by atoms with van der Waals surface area (Å²) in [6.07, 6.45) is 0.162. The molecule has 0 fully saturated rings. The number of halogens is 1. The Kier molecular flexibility index (Phi) is 6.68. The van der Waals surface area contributed by atoms with Crippen LogP contribution in [0.5, 0.6) is 0 Å². The molecule has 7 heteroatoms. The van der Waals surface area contributed by atoms with E-state index in [1.54, 1.807) is 12.1 Å². The van der Waals surface area contributed by atoms with Gasteiger partial charge in [0.15, 0.2) is 0 Å². The highest BCUT2D eigenvalue weighted by Gasteiger charge is 2.11. The van der Waals surface area contributed by atoms with Crippen LogP contribution in [0.4, 0.5) is 5.69 Å². The van der Waals surface area contributed by atoms with Crippen LogP contribution in [0, 0.1) is 0 Å². The van der Waals surface area contributed by atoms with Gasteiger partial charge in [-0.1, -0.05) is 11.6 Å². The fraction of sp³-hybridized carbons (Fsp3) is 0.357. The molecule has 21 heavy (non-hydrogen) atoms. The van der Waals surface area contributed by atoms with Crippen LogP contribution in [-0.2, 0) is 9.59 Å². The van der Waals surface area contributed by atoms with E-state index in [1.165, 1.54) is 13.0 Å². The maximum Gasteiger partial charge on any atom is 0.252 e. The molecule has 1 rings (SSSR count). The highest BCUT2D eigenvalue weighted by Crippen LogP contribution is 2.21. The van der Waals surface area contributed by atoms with Gasteiger partial charge >= 0.3 is 0 Å². The van der Waals surface area contributed by atoms with E-state index < -0.39 is 0 Å². The highest BCUT2D eigenvalue weighted by atomic mass is 35.5. The van der Waals surface area contributed by atoms with Crippen molar-refractivity contribution in [2.24, 2.45) is 0 Å². The Hall–Kier alpha value is -2.08. The normalized spacial score (nSPS) is 9.86. The van der Waals surface area contributed by atoms with Crippen LogP contribution < -0.4 is 16.0 Å². The monoisotopic (exact) mass is 311 g/mol. The Balaban J connectivity index is 2.61. The van der Waals surface area contributed by atoms with Crippen molar-refractivity contribution in [1.82, 2.24) is 10.6 Å². The van der Waals surface area contributed by atoms with Crippen LogP contribution in [0.2, 0.25) is 5.02 Å². The fourth-order valence-corrected chi connectivity index (χ4v) is 1.87. The summed E-state index contributed by atoms with van der Waals surface area (Å²) in [5, 5.41) is 8.10. The van der Waals surface area contributed by atoms with Gasteiger partial charge in [-0.2, -0.15) is 0 Å². The summed E-state index contributed by atoms with van der Waals surface area (Å²) in [4.78, 5) is 34.0. The Labute approximate surface area is 128 Å². The summed E-state index contributed by atoms with van der Waals surface area (Å²) >= 11 is 6.02. The molecule has 3 amide bonds. The fourth-order valence-electron chi connectivity index (χ4n) is 1.61. The molecule has 1 aromatic carbocycles. The number of rotatable bonds is 6. The van der Waals surface area contributed by atoms with E-state index in [-0.39, 0.29) is 35.7 Å². The molecule has 0 radical (unpaired) electrons. The topological polar surface area (TPSA) is 87.3 Å². The Morgan fingerprint density at radius 1 is 1.19 bits per heavy atom. The summed E-state index contributed by atoms with van der Waals surface area (Å²) < 4.78 is 0. The van der Waals surface area contributed by atoms with E-state index in [1.807, 2.05) is 6.92 Å². The lowest BCUT2D eigenvalue weighted by molar-refractivity contribution is -0.119. The first-order valence-corrected chi connectivity index (χ1v) is 6.94. The molecule has 0 saturated carbocycles. The first-order chi connectivity index (χ1) is 9.93. The predicted molar refractivity (Wildman–Crippen MR) is 81.4 cm³/mol. The van der Waals surface area contributed by atoms with Crippen molar-refractivity contribution in [2.75, 3.05) is 18.4 Å². The molecule has 3 N–H and O–H groups in total. The summed E-state index contributed by atoms with van der Waals surface area (Å²) in [6.45, 7) is 3.98. The molecule has 0 heterocycles. The van der Waals surface area contributed by atoms with E-state index >= 15 is 0 Å². The van der Waals surface area contributed by atoms with Crippen molar-refractivity contribution in [1.29, 1.82) is 0 Å². The number of benzene rings is 1. The minimum absolute atomic E-state index is 0.162. The third-order valence-electron chi connectivity index (χ3n) is 2.56. The van der Waals surface area contributed by atoms with Gasteiger partial charge in [0.2, 0.25) is 11.8 Å². The predicted octanol–water partition coefficient (Wildman–Crippen LogP) is 1.55. The number of anilines is 1. The van der Waals surface area contributed by atoms with Gasteiger partial charge in [-0.25, -0.2) is 0 Å². The number of hydrogen-bond donors (Lipinski definition) is 3. The van der Waals surface area contributed by atoms with Crippen LogP contribution in [0.15, 0.2) is 18.2 Å². The maximum absolute atomic E-state index is 11.7. The quantitative estimate of drug-likeness (QED) is 0.745. The van der Waals surface area contributed by atoms with Crippen molar-refractivity contribution in [3.8, 4) is 0 Å². The molecule has 0 aliphatic rings. The van der Waals surface area contributed by atoms with Gasteiger partial charge < -0.3 is 16.0 Å². The van der Waals surface area contributed by atoms with Crippen molar-refractivity contribution in [2.45, 2.75) is 20.3 Å². The number of carbonyl (C=O) groups is 3. The molecular formula is C14H18ClN3O3. The van der Waals surface area contributed by atoms with Gasteiger partial charge in [-0.3, -0.25) is 14.4 Å². The molecule has 0 saturated heterocycles. The Bertz CT molecular complexity index is 546. The molecule has 0 unspecified atom stereocenters. The first-order valence-electron chi connectivity index (χ1n) is 6.56. The Morgan fingerprint density at radius 3 is 2.48 bits per heavy atom. The lowest BCUT2D eigenvalue weighted by atomic mass is 10.2. The maximum atomic E-state index is 11.7. The average molecular weight is 312 g/mol. The molecule has 0 bridgehead atoms. The van der Waals surface area contributed by atoms with Crippen LogP contribution in [-0.4, -0.2) is 30.8 Å². The molecule has 0 atom stereocenters. The molecular weight excluding hydrogens is 294 g/mol. The second kappa shape index (κ2) is 8.26. The van der Waals surface area contributed by atoms with Crippen LogP contribution in [0.1, 0.15) is 30.6 Å². The minimum Gasteiger partial charge on any atom is -0.356 e. The number of carbonyl (C=O) groups excluding carboxylic acids is 3. The zero-order valence-corrected chi connectivity index (χ0v) is 12.7. The number of amides is 3. The molecule has 6 nitrogen and oxygen atoms in total. The van der Waals surface area contributed by atoms with Gasteiger partial charge in [0.25, 0.3) is 5.91 Å². The van der Waals surface area contributed by atoms with E-state index in [0.29, 0.717) is 17.8 Å². The smallest absolute Gasteiger partial charge is 0.252 e. The molecule has 1 aromatic rings. The standard InChI is InChI=1S/C14H18ClN3O3/c1-3-16-14(21)11-5-4-10(8-12(11)15)18-13(20)6-7-17-9(2)19/h4-5,8H,3,6-7H2,1-2H3,(H,16,21)(H,17,19)(H,18,20). The summed E-state index contributed by atoms with van der Waals surface area (Å²) in [5.74, 6) is -0.686. The van der Waals surface area contributed by atoms with E-state index in [4.69, 9.17) is 11.6 Å². The van der Waals surface area contributed by atoms with Gasteiger partial charge in [-0.05, 0) is 25.1 Å². The zero-order valence-electron chi connectivity index (χ0n) is 12.0. The van der Waals surface area contributed by atoms with Crippen molar-refractivity contribution in [3.05, 3.63) is 28.8 Å². The SMILES string of the molecule is CCNC(=O)c1ccc(NC(=O)CCNC(C)=O)cc1Cl. The van der Waals surface area contributed by atoms with E-state index in [9.17, 15) is 14.4 Å². The first kappa shape index (κ1) is 17.0. The largest absolute Gasteiger partial charge is 0.356 e. The molecule has 0 aliphatic heterocycles. The van der Waals surface area contributed by atoms with Crippen molar-refractivity contribution < 1.29 is 14.4 Å². The third kappa shape index (κ3) is 5.83. The van der Waals surface area contributed by atoms with Crippen molar-refractivity contribution >= 4 is 35.0 Å².